The molecule has 0 atom stereocenters. The molecule has 0 radical (unpaired) electrons. The average Bonchev–Trinajstić information content (AvgIpc) is 2.30. The van der Waals surface area contributed by atoms with Gasteiger partial charge in [-0.2, -0.15) is 9.37 Å². The Balaban J connectivity index is 2.09. The van der Waals surface area contributed by atoms with Crippen LogP contribution in [-0.2, 0) is 6.61 Å². The van der Waals surface area contributed by atoms with Crippen LogP contribution in [0, 0.1) is 5.82 Å². The fraction of sp³-hybridized carbons (Fsp3) is 0.0909. The van der Waals surface area contributed by atoms with Gasteiger partial charge in [0.05, 0.1) is 6.20 Å². The van der Waals surface area contributed by atoms with Gasteiger partial charge in [0.15, 0.2) is 0 Å². The third-order valence-corrected chi connectivity index (χ3v) is 2.23. The lowest BCUT2D eigenvalue weighted by Gasteiger charge is -2.06. The molecule has 1 heterocycles. The molecule has 0 aliphatic rings. The molecule has 2 rings (SSSR count). The summed E-state index contributed by atoms with van der Waals surface area (Å²) in [5, 5.41) is 0.591. The highest BCUT2D eigenvalue weighted by atomic mass is 35.5. The van der Waals surface area contributed by atoms with Crippen molar-refractivity contribution in [3.63, 3.8) is 0 Å². The number of hydrogen-bond donors (Lipinski definition) is 1. The van der Waals surface area contributed by atoms with Crippen LogP contribution in [-0.4, -0.2) is 9.97 Å². The number of anilines is 1. The Bertz CT molecular complexity index is 536. The third kappa shape index (κ3) is 3.04. The van der Waals surface area contributed by atoms with Gasteiger partial charge in [0.25, 0.3) is 5.88 Å². The molecular weight excluding hydrogens is 245 g/mol. The van der Waals surface area contributed by atoms with Gasteiger partial charge < -0.3 is 10.5 Å². The predicted molar refractivity (Wildman–Crippen MR) is 62.2 cm³/mol. The van der Waals surface area contributed by atoms with Crippen molar-refractivity contribution in [3.8, 4) is 5.88 Å². The second kappa shape index (κ2) is 4.97. The number of nitrogen functional groups attached to an aromatic ring is 1. The Morgan fingerprint density at radius 2 is 2.24 bits per heavy atom. The van der Waals surface area contributed by atoms with Crippen LogP contribution in [0.1, 0.15) is 5.56 Å². The first-order chi connectivity index (χ1) is 8.15. The number of aromatic nitrogens is 2. The number of benzene rings is 1. The van der Waals surface area contributed by atoms with Gasteiger partial charge in [0, 0.05) is 5.02 Å². The van der Waals surface area contributed by atoms with Gasteiger partial charge >= 0.3 is 0 Å². The monoisotopic (exact) mass is 253 g/mol. The van der Waals surface area contributed by atoms with E-state index in [-0.39, 0.29) is 18.4 Å². The molecule has 0 aliphatic heterocycles. The first-order valence-corrected chi connectivity index (χ1v) is 5.18. The smallest absolute Gasteiger partial charge is 0.255 e. The molecule has 0 aliphatic carbocycles. The van der Waals surface area contributed by atoms with E-state index in [1.54, 1.807) is 18.2 Å². The van der Waals surface area contributed by atoms with Gasteiger partial charge in [-0.1, -0.05) is 23.7 Å². The molecular formula is C11H9ClFN3O. The zero-order valence-corrected chi connectivity index (χ0v) is 9.49. The lowest BCUT2D eigenvalue weighted by Crippen LogP contribution is -2.03. The van der Waals surface area contributed by atoms with E-state index in [0.717, 1.165) is 11.8 Å². The molecule has 0 saturated heterocycles. The van der Waals surface area contributed by atoms with Gasteiger partial charge in [0.2, 0.25) is 11.8 Å². The average molecular weight is 254 g/mol. The molecule has 88 valence electrons. The molecule has 0 amide bonds. The summed E-state index contributed by atoms with van der Waals surface area (Å²) in [7, 11) is 0. The van der Waals surface area contributed by atoms with E-state index >= 15 is 0 Å². The van der Waals surface area contributed by atoms with Crippen LogP contribution in [0.15, 0.2) is 30.5 Å². The molecule has 1 aromatic carbocycles. The van der Waals surface area contributed by atoms with Crippen molar-refractivity contribution >= 4 is 17.5 Å². The van der Waals surface area contributed by atoms with E-state index in [2.05, 4.69) is 9.97 Å². The van der Waals surface area contributed by atoms with E-state index in [9.17, 15) is 4.39 Å². The van der Waals surface area contributed by atoms with E-state index in [1.165, 1.54) is 0 Å². The second-order valence-electron chi connectivity index (χ2n) is 3.30. The number of nitrogens with two attached hydrogens (primary N) is 1. The maximum Gasteiger partial charge on any atom is 0.255 e. The number of hydrogen-bond acceptors (Lipinski definition) is 4. The molecule has 0 unspecified atom stereocenters. The standard InChI is InChI=1S/C11H9ClFN3O/c12-8-3-1-2-7(4-8)6-17-10-9(13)5-15-11(14)16-10/h1-5H,6H2,(H2,14,15,16). The van der Waals surface area contributed by atoms with Crippen LogP contribution in [0.2, 0.25) is 5.02 Å². The summed E-state index contributed by atoms with van der Waals surface area (Å²) in [5.74, 6) is -0.855. The van der Waals surface area contributed by atoms with E-state index in [0.29, 0.717) is 5.02 Å². The SMILES string of the molecule is Nc1ncc(F)c(OCc2cccc(Cl)c2)n1. The summed E-state index contributed by atoms with van der Waals surface area (Å²) in [5.41, 5.74) is 6.14. The minimum absolute atomic E-state index is 0.0347. The Morgan fingerprint density at radius 1 is 1.41 bits per heavy atom. The van der Waals surface area contributed by atoms with Crippen molar-refractivity contribution in [3.05, 3.63) is 46.9 Å². The summed E-state index contributed by atoms with van der Waals surface area (Å²) >= 11 is 5.81. The van der Waals surface area contributed by atoms with Crippen LogP contribution in [0.4, 0.5) is 10.3 Å². The van der Waals surface area contributed by atoms with Crippen molar-refractivity contribution < 1.29 is 9.13 Å². The van der Waals surface area contributed by atoms with Crippen LogP contribution in [0.3, 0.4) is 0 Å². The van der Waals surface area contributed by atoms with E-state index < -0.39 is 5.82 Å². The van der Waals surface area contributed by atoms with Gasteiger partial charge in [-0.15, -0.1) is 0 Å². The number of ether oxygens (including phenoxy) is 1. The molecule has 2 N–H and O–H groups in total. The van der Waals surface area contributed by atoms with Crippen molar-refractivity contribution in [2.45, 2.75) is 6.61 Å². The van der Waals surface area contributed by atoms with E-state index in [4.69, 9.17) is 22.1 Å². The summed E-state index contributed by atoms with van der Waals surface area (Å²) in [6.07, 6.45) is 0.968. The van der Waals surface area contributed by atoms with Crippen LogP contribution < -0.4 is 10.5 Å². The summed E-state index contributed by atoms with van der Waals surface area (Å²) in [6.45, 7) is 0.161. The highest BCUT2D eigenvalue weighted by Crippen LogP contribution is 2.16. The molecule has 4 nitrogen and oxygen atoms in total. The lowest BCUT2D eigenvalue weighted by atomic mass is 10.2. The number of rotatable bonds is 3. The fourth-order valence-electron chi connectivity index (χ4n) is 1.24. The van der Waals surface area contributed by atoms with Crippen LogP contribution in [0.25, 0.3) is 0 Å². The maximum atomic E-state index is 13.2. The predicted octanol–water partition coefficient (Wildman–Crippen LogP) is 2.43. The molecule has 0 spiro atoms. The van der Waals surface area contributed by atoms with Gasteiger partial charge in [-0.05, 0) is 17.7 Å². The maximum absolute atomic E-state index is 13.2. The van der Waals surface area contributed by atoms with Crippen molar-refractivity contribution in [1.29, 1.82) is 0 Å². The van der Waals surface area contributed by atoms with Gasteiger partial charge in [-0.3, -0.25) is 0 Å². The van der Waals surface area contributed by atoms with Gasteiger partial charge in [0.1, 0.15) is 6.61 Å². The summed E-state index contributed by atoms with van der Waals surface area (Å²) in [6, 6.07) is 7.07. The Morgan fingerprint density at radius 3 is 3.00 bits per heavy atom. The van der Waals surface area contributed by atoms with Crippen LogP contribution in [0.5, 0.6) is 5.88 Å². The van der Waals surface area contributed by atoms with Crippen molar-refractivity contribution in [1.82, 2.24) is 9.97 Å². The number of nitrogens with zero attached hydrogens (tertiary/aromatic N) is 2. The topological polar surface area (TPSA) is 61.0 Å². The zero-order chi connectivity index (χ0) is 12.3. The molecule has 17 heavy (non-hydrogen) atoms. The van der Waals surface area contributed by atoms with Crippen molar-refractivity contribution in [2.24, 2.45) is 0 Å². The fourth-order valence-corrected chi connectivity index (χ4v) is 1.46. The van der Waals surface area contributed by atoms with Crippen LogP contribution >= 0.6 is 11.6 Å². The first kappa shape index (κ1) is 11.6. The highest BCUT2D eigenvalue weighted by molar-refractivity contribution is 6.30. The minimum atomic E-state index is -0.652. The number of halogens is 2. The Kier molecular flexibility index (Phi) is 3.39. The summed E-state index contributed by atoms with van der Waals surface area (Å²) in [4.78, 5) is 7.15. The minimum Gasteiger partial charge on any atom is -0.471 e. The Hall–Kier alpha value is -1.88. The van der Waals surface area contributed by atoms with Gasteiger partial charge in [-0.25, -0.2) is 4.98 Å². The first-order valence-electron chi connectivity index (χ1n) is 4.80. The molecule has 0 saturated carbocycles. The van der Waals surface area contributed by atoms with Crippen molar-refractivity contribution in [2.75, 3.05) is 5.73 Å². The molecule has 0 bridgehead atoms. The quantitative estimate of drug-likeness (QED) is 0.913. The lowest BCUT2D eigenvalue weighted by molar-refractivity contribution is 0.277. The highest BCUT2D eigenvalue weighted by Gasteiger charge is 2.07. The summed E-state index contributed by atoms with van der Waals surface area (Å²) < 4.78 is 18.4. The zero-order valence-electron chi connectivity index (χ0n) is 8.73. The largest absolute Gasteiger partial charge is 0.471 e. The van der Waals surface area contributed by atoms with E-state index in [1.807, 2.05) is 6.07 Å². The second-order valence-corrected chi connectivity index (χ2v) is 3.74. The molecule has 1 aromatic heterocycles. The normalized spacial score (nSPS) is 10.2. The molecule has 0 fully saturated rings. The third-order valence-electron chi connectivity index (χ3n) is 2.00. The molecule has 2 aromatic rings. The Labute approximate surface area is 102 Å². The molecule has 6 heteroatoms.